The number of carbonyl (C=O) groups excluding carboxylic acids is 2. The molecule has 1 aromatic rings. The molecule has 0 bridgehead atoms. The number of nitrogens with two attached hydrogens (primary N) is 1. The first-order valence-electron chi connectivity index (χ1n) is 5.04. The predicted octanol–water partition coefficient (Wildman–Crippen LogP) is 1.15. The number of anilines is 2. The van der Waals surface area contributed by atoms with Crippen molar-refractivity contribution in [2.24, 2.45) is 5.73 Å². The second-order valence-electron chi connectivity index (χ2n) is 3.48. The lowest BCUT2D eigenvalue weighted by molar-refractivity contribution is -0.117. The van der Waals surface area contributed by atoms with Crippen molar-refractivity contribution in [3.05, 3.63) is 24.3 Å². The Bertz CT molecular complexity index is 418. The lowest BCUT2D eigenvalue weighted by atomic mass is 10.2. The van der Waals surface area contributed by atoms with E-state index in [1.807, 2.05) is 0 Å². The first kappa shape index (κ1) is 13.0. The molecule has 0 aliphatic rings. The van der Waals surface area contributed by atoms with Gasteiger partial charge in [0.25, 0.3) is 0 Å². The van der Waals surface area contributed by atoms with Gasteiger partial charge in [0.05, 0.1) is 13.2 Å². The number of carbonyl (C=O) groups is 2. The molecule has 6 nitrogen and oxygen atoms in total. The van der Waals surface area contributed by atoms with Crippen molar-refractivity contribution in [2.45, 2.75) is 13.0 Å². The van der Waals surface area contributed by atoms with E-state index in [9.17, 15) is 9.59 Å². The van der Waals surface area contributed by atoms with Crippen LogP contribution in [-0.4, -0.2) is 25.2 Å². The van der Waals surface area contributed by atoms with Gasteiger partial charge in [-0.25, -0.2) is 4.79 Å². The molecule has 6 heteroatoms. The van der Waals surface area contributed by atoms with Crippen LogP contribution in [0.25, 0.3) is 0 Å². The minimum atomic E-state index is -0.591. The fraction of sp³-hybridized carbons (Fsp3) is 0.273. The topological polar surface area (TPSA) is 93.5 Å². The molecule has 0 aromatic heterocycles. The lowest BCUT2D eigenvalue weighted by Crippen LogP contribution is -2.32. The van der Waals surface area contributed by atoms with Crippen LogP contribution in [0.3, 0.4) is 0 Å². The molecular formula is C11H15N3O3. The second kappa shape index (κ2) is 5.86. The monoisotopic (exact) mass is 237 g/mol. The highest BCUT2D eigenvalue weighted by molar-refractivity contribution is 5.95. The fourth-order valence-corrected chi connectivity index (χ4v) is 1.10. The minimum absolute atomic E-state index is 0.291. The fourth-order valence-electron chi connectivity index (χ4n) is 1.10. The second-order valence-corrected chi connectivity index (χ2v) is 3.48. The predicted molar refractivity (Wildman–Crippen MR) is 64.7 cm³/mol. The van der Waals surface area contributed by atoms with Gasteiger partial charge in [-0.15, -0.1) is 0 Å². The van der Waals surface area contributed by atoms with Crippen LogP contribution < -0.4 is 16.4 Å². The molecule has 1 aromatic carbocycles. The zero-order valence-corrected chi connectivity index (χ0v) is 9.69. The van der Waals surface area contributed by atoms with Gasteiger partial charge in [0, 0.05) is 11.4 Å². The van der Waals surface area contributed by atoms with Crippen LogP contribution in [0.2, 0.25) is 0 Å². The Morgan fingerprint density at radius 3 is 2.41 bits per heavy atom. The standard InChI is InChI=1S/C11H15N3O3/c1-7(12)10(15)13-8-4-3-5-9(6-8)14-11(16)17-2/h3-7H,12H2,1-2H3,(H,13,15)(H,14,16)/t7-/m1/s1. The third kappa shape index (κ3) is 4.12. The van der Waals surface area contributed by atoms with E-state index >= 15 is 0 Å². The quantitative estimate of drug-likeness (QED) is 0.735. The molecule has 1 rings (SSSR count). The van der Waals surface area contributed by atoms with Crippen molar-refractivity contribution in [1.82, 2.24) is 0 Å². The molecule has 2 amide bonds. The van der Waals surface area contributed by atoms with Gasteiger partial charge in [-0.1, -0.05) is 6.07 Å². The van der Waals surface area contributed by atoms with E-state index in [4.69, 9.17) is 5.73 Å². The summed E-state index contributed by atoms with van der Waals surface area (Å²) in [5.41, 5.74) is 6.51. The van der Waals surface area contributed by atoms with Gasteiger partial charge in [-0.05, 0) is 25.1 Å². The third-order valence-corrected chi connectivity index (χ3v) is 1.98. The normalized spacial score (nSPS) is 11.5. The van der Waals surface area contributed by atoms with Gasteiger partial charge in [0.15, 0.2) is 0 Å². The van der Waals surface area contributed by atoms with Crippen molar-refractivity contribution in [3.8, 4) is 0 Å². The maximum atomic E-state index is 11.4. The molecule has 0 aliphatic carbocycles. The number of rotatable bonds is 3. The van der Waals surface area contributed by atoms with E-state index in [1.54, 1.807) is 31.2 Å². The Kier molecular flexibility index (Phi) is 4.47. The van der Waals surface area contributed by atoms with Gasteiger partial charge in [0.2, 0.25) is 5.91 Å². The number of nitrogens with one attached hydrogen (secondary N) is 2. The SMILES string of the molecule is COC(=O)Nc1cccc(NC(=O)[C@@H](C)N)c1. The van der Waals surface area contributed by atoms with Crippen molar-refractivity contribution < 1.29 is 14.3 Å². The molecule has 1 atom stereocenters. The molecule has 0 saturated carbocycles. The van der Waals surface area contributed by atoms with Crippen molar-refractivity contribution in [2.75, 3.05) is 17.7 Å². The number of ether oxygens (including phenoxy) is 1. The number of hydrogen-bond donors (Lipinski definition) is 3. The summed E-state index contributed by atoms with van der Waals surface area (Å²) < 4.78 is 4.46. The van der Waals surface area contributed by atoms with Crippen molar-refractivity contribution in [3.63, 3.8) is 0 Å². The average molecular weight is 237 g/mol. The van der Waals surface area contributed by atoms with Crippen LogP contribution in [-0.2, 0) is 9.53 Å². The zero-order valence-electron chi connectivity index (χ0n) is 9.69. The summed E-state index contributed by atoms with van der Waals surface area (Å²) in [4.78, 5) is 22.3. The maximum absolute atomic E-state index is 11.4. The summed E-state index contributed by atoms with van der Waals surface area (Å²) in [6, 6.07) is 6.09. The smallest absolute Gasteiger partial charge is 0.411 e. The molecule has 17 heavy (non-hydrogen) atoms. The van der Waals surface area contributed by atoms with Crippen molar-refractivity contribution >= 4 is 23.4 Å². The number of amides is 2. The number of benzene rings is 1. The molecule has 0 spiro atoms. The molecule has 0 fully saturated rings. The molecule has 0 radical (unpaired) electrons. The highest BCUT2D eigenvalue weighted by Crippen LogP contribution is 2.15. The summed E-state index contributed by atoms with van der Waals surface area (Å²) >= 11 is 0. The van der Waals surface area contributed by atoms with Crippen LogP contribution in [0.4, 0.5) is 16.2 Å². The molecular weight excluding hydrogens is 222 g/mol. The van der Waals surface area contributed by atoms with E-state index in [0.29, 0.717) is 11.4 Å². The summed E-state index contributed by atoms with van der Waals surface area (Å²) in [5, 5.41) is 5.11. The Labute approximate surface area is 99.1 Å². The zero-order chi connectivity index (χ0) is 12.8. The van der Waals surface area contributed by atoms with Gasteiger partial charge >= 0.3 is 6.09 Å². The van der Waals surface area contributed by atoms with Gasteiger partial charge in [-0.3, -0.25) is 10.1 Å². The van der Waals surface area contributed by atoms with Crippen LogP contribution in [0.5, 0.6) is 0 Å². The molecule has 4 N–H and O–H groups in total. The third-order valence-electron chi connectivity index (χ3n) is 1.98. The maximum Gasteiger partial charge on any atom is 0.411 e. The van der Waals surface area contributed by atoms with Gasteiger partial charge < -0.3 is 15.8 Å². The Morgan fingerprint density at radius 1 is 1.29 bits per heavy atom. The first-order valence-corrected chi connectivity index (χ1v) is 5.04. The van der Waals surface area contributed by atoms with E-state index in [0.717, 1.165) is 0 Å². The Balaban J connectivity index is 2.72. The highest BCUT2D eigenvalue weighted by Gasteiger charge is 2.08. The number of methoxy groups -OCH3 is 1. The molecule has 0 heterocycles. The van der Waals surface area contributed by atoms with E-state index in [2.05, 4.69) is 15.4 Å². The summed E-state index contributed by atoms with van der Waals surface area (Å²) in [7, 11) is 1.27. The van der Waals surface area contributed by atoms with Crippen LogP contribution in [0, 0.1) is 0 Å². The average Bonchev–Trinajstić information content (AvgIpc) is 2.29. The van der Waals surface area contributed by atoms with E-state index < -0.39 is 12.1 Å². The summed E-state index contributed by atoms with van der Waals surface area (Å²) in [5.74, 6) is -0.291. The highest BCUT2D eigenvalue weighted by atomic mass is 16.5. The molecule has 0 unspecified atom stereocenters. The van der Waals surface area contributed by atoms with E-state index in [1.165, 1.54) is 7.11 Å². The van der Waals surface area contributed by atoms with Crippen LogP contribution in [0.15, 0.2) is 24.3 Å². The largest absolute Gasteiger partial charge is 0.453 e. The van der Waals surface area contributed by atoms with Gasteiger partial charge in [0.1, 0.15) is 0 Å². The molecule has 0 saturated heterocycles. The minimum Gasteiger partial charge on any atom is -0.453 e. The Morgan fingerprint density at radius 2 is 1.88 bits per heavy atom. The summed E-state index contributed by atoms with van der Waals surface area (Å²) in [6.45, 7) is 1.59. The Hall–Kier alpha value is -2.08. The van der Waals surface area contributed by atoms with Crippen LogP contribution in [0.1, 0.15) is 6.92 Å². The molecule has 0 aliphatic heterocycles. The number of hydrogen-bond acceptors (Lipinski definition) is 4. The van der Waals surface area contributed by atoms with E-state index in [-0.39, 0.29) is 5.91 Å². The molecule has 92 valence electrons. The first-order chi connectivity index (χ1) is 8.02. The van der Waals surface area contributed by atoms with Gasteiger partial charge in [-0.2, -0.15) is 0 Å². The lowest BCUT2D eigenvalue weighted by Gasteiger charge is -2.09. The van der Waals surface area contributed by atoms with Crippen LogP contribution >= 0.6 is 0 Å². The summed E-state index contributed by atoms with van der Waals surface area (Å²) in [6.07, 6.45) is -0.569. The van der Waals surface area contributed by atoms with Crippen molar-refractivity contribution in [1.29, 1.82) is 0 Å².